The Labute approximate surface area is 145 Å². The predicted octanol–water partition coefficient (Wildman–Crippen LogP) is 2.94. The van der Waals surface area contributed by atoms with Gasteiger partial charge in [0.1, 0.15) is 0 Å². The van der Waals surface area contributed by atoms with Crippen LogP contribution in [0.15, 0.2) is 29.3 Å². The first-order valence-corrected chi connectivity index (χ1v) is 7.51. The van der Waals surface area contributed by atoms with E-state index in [9.17, 15) is 0 Å². The number of aryl methyl sites for hydroxylation is 1. The summed E-state index contributed by atoms with van der Waals surface area (Å²) in [7, 11) is 2.17. The van der Waals surface area contributed by atoms with Crippen LogP contribution in [0.2, 0.25) is 0 Å². The molecule has 5 heteroatoms. The topological polar surface area (TPSA) is 53.6 Å². The number of hydrogen-bond acceptors (Lipinski definition) is 2. The molecule has 0 spiro atoms. The van der Waals surface area contributed by atoms with Gasteiger partial charge >= 0.3 is 0 Å². The molecule has 1 aromatic rings. The molecule has 0 aromatic heterocycles. The normalized spacial score (nSPS) is 19.9. The maximum Gasteiger partial charge on any atom is 0.193 e. The number of hydrogen-bond donors (Lipinski definition) is 2. The van der Waals surface area contributed by atoms with Crippen LogP contribution < -0.4 is 11.1 Å². The summed E-state index contributed by atoms with van der Waals surface area (Å²) in [6, 6.07) is 8.31. The summed E-state index contributed by atoms with van der Waals surface area (Å²) < 4.78 is 0. The standard InChI is InChI=1S/C16H26N4.HI/c1-3-13-6-4-8-15(10-13)19-16(17)18-11-14-7-5-9-20(2)12-14;/h4,6,8,10,14H,3,5,7,9,11-12H2,1-2H3,(H3,17,18,19);1H. The first-order chi connectivity index (χ1) is 9.67. The quantitative estimate of drug-likeness (QED) is 0.463. The van der Waals surface area contributed by atoms with E-state index < -0.39 is 0 Å². The lowest BCUT2D eigenvalue weighted by molar-refractivity contribution is 0.214. The number of nitrogens with two attached hydrogens (primary N) is 1. The molecule has 1 aromatic carbocycles. The smallest absolute Gasteiger partial charge is 0.193 e. The van der Waals surface area contributed by atoms with Gasteiger partial charge in [0, 0.05) is 18.8 Å². The van der Waals surface area contributed by atoms with E-state index in [0.29, 0.717) is 11.9 Å². The lowest BCUT2D eigenvalue weighted by Gasteiger charge is -2.28. The van der Waals surface area contributed by atoms with Gasteiger partial charge in [-0.15, -0.1) is 24.0 Å². The maximum absolute atomic E-state index is 5.97. The number of rotatable bonds is 4. The van der Waals surface area contributed by atoms with Gasteiger partial charge in [-0.25, -0.2) is 0 Å². The third-order valence-corrected chi connectivity index (χ3v) is 3.85. The fourth-order valence-corrected chi connectivity index (χ4v) is 2.71. The van der Waals surface area contributed by atoms with Crippen LogP contribution in [0.4, 0.5) is 5.69 Å². The van der Waals surface area contributed by atoms with Crippen molar-refractivity contribution in [1.82, 2.24) is 4.90 Å². The molecule has 0 bridgehead atoms. The van der Waals surface area contributed by atoms with Crippen LogP contribution in [-0.2, 0) is 6.42 Å². The number of piperidine rings is 1. The van der Waals surface area contributed by atoms with Gasteiger partial charge in [0.05, 0.1) is 0 Å². The summed E-state index contributed by atoms with van der Waals surface area (Å²) in [5.74, 6) is 1.16. The Hall–Kier alpha value is -0.820. The minimum atomic E-state index is 0. The number of nitrogens with one attached hydrogen (secondary N) is 1. The molecular weight excluding hydrogens is 375 g/mol. The molecule has 3 N–H and O–H groups in total. The number of anilines is 1. The largest absolute Gasteiger partial charge is 0.370 e. The third kappa shape index (κ3) is 6.22. The molecule has 1 unspecified atom stereocenters. The number of halogens is 1. The minimum absolute atomic E-state index is 0. The van der Waals surface area contributed by atoms with Crippen molar-refractivity contribution >= 4 is 35.6 Å². The van der Waals surface area contributed by atoms with Crippen LogP contribution in [0.5, 0.6) is 0 Å². The molecule has 1 aliphatic heterocycles. The molecule has 1 saturated heterocycles. The summed E-state index contributed by atoms with van der Waals surface area (Å²) in [6.45, 7) is 5.30. The Kier molecular flexibility index (Phi) is 8.03. The summed E-state index contributed by atoms with van der Waals surface area (Å²) in [5.41, 5.74) is 8.30. The van der Waals surface area contributed by atoms with Crippen LogP contribution in [0.3, 0.4) is 0 Å². The van der Waals surface area contributed by atoms with Crippen molar-refractivity contribution in [2.75, 3.05) is 32.0 Å². The van der Waals surface area contributed by atoms with E-state index in [2.05, 4.69) is 41.3 Å². The molecule has 118 valence electrons. The van der Waals surface area contributed by atoms with Gasteiger partial charge < -0.3 is 16.0 Å². The van der Waals surface area contributed by atoms with Crippen LogP contribution in [0.25, 0.3) is 0 Å². The predicted molar refractivity (Wildman–Crippen MR) is 102 cm³/mol. The molecule has 0 aliphatic carbocycles. The molecule has 1 atom stereocenters. The van der Waals surface area contributed by atoms with Crippen LogP contribution >= 0.6 is 24.0 Å². The molecule has 1 aliphatic rings. The zero-order valence-electron chi connectivity index (χ0n) is 13.0. The Balaban J connectivity index is 0.00000220. The number of likely N-dealkylation sites (tertiary alicyclic amines) is 1. The van der Waals surface area contributed by atoms with Crippen molar-refractivity contribution in [1.29, 1.82) is 0 Å². The van der Waals surface area contributed by atoms with Gasteiger partial charge in [-0.05, 0) is 56.5 Å². The fraction of sp³-hybridized carbons (Fsp3) is 0.562. The van der Waals surface area contributed by atoms with E-state index in [0.717, 1.165) is 25.2 Å². The first kappa shape index (κ1) is 18.2. The van der Waals surface area contributed by atoms with Crippen LogP contribution in [0.1, 0.15) is 25.3 Å². The van der Waals surface area contributed by atoms with E-state index >= 15 is 0 Å². The van der Waals surface area contributed by atoms with Crippen molar-refractivity contribution in [3.63, 3.8) is 0 Å². The molecule has 0 radical (unpaired) electrons. The van der Waals surface area contributed by atoms with Crippen LogP contribution in [-0.4, -0.2) is 37.5 Å². The second-order valence-corrected chi connectivity index (χ2v) is 5.68. The van der Waals surface area contributed by atoms with E-state index in [1.54, 1.807) is 0 Å². The number of guanidine groups is 1. The van der Waals surface area contributed by atoms with E-state index in [4.69, 9.17) is 5.73 Å². The SMILES string of the molecule is CCc1cccc(NC(N)=NCC2CCCN(C)C2)c1.I. The number of aliphatic imine (C=N–C) groups is 1. The Morgan fingerprint density at radius 2 is 2.29 bits per heavy atom. The average molecular weight is 402 g/mol. The fourth-order valence-electron chi connectivity index (χ4n) is 2.71. The highest BCUT2D eigenvalue weighted by atomic mass is 127. The van der Waals surface area contributed by atoms with Crippen molar-refractivity contribution < 1.29 is 0 Å². The highest BCUT2D eigenvalue weighted by Crippen LogP contribution is 2.15. The van der Waals surface area contributed by atoms with Gasteiger partial charge in [0.15, 0.2) is 5.96 Å². The molecule has 1 heterocycles. The highest BCUT2D eigenvalue weighted by molar-refractivity contribution is 14.0. The minimum Gasteiger partial charge on any atom is -0.370 e. The second kappa shape index (κ2) is 9.25. The van der Waals surface area contributed by atoms with Crippen molar-refractivity contribution in [2.45, 2.75) is 26.2 Å². The summed E-state index contributed by atoms with van der Waals surface area (Å²) in [5, 5.41) is 3.18. The van der Waals surface area contributed by atoms with E-state index in [1.165, 1.54) is 24.9 Å². The Bertz CT molecular complexity index is 461. The van der Waals surface area contributed by atoms with Crippen molar-refractivity contribution in [2.24, 2.45) is 16.6 Å². The molecule has 1 fully saturated rings. The molecular formula is C16H27IN4. The average Bonchev–Trinajstić information content (AvgIpc) is 2.45. The van der Waals surface area contributed by atoms with Gasteiger partial charge in [0.2, 0.25) is 0 Å². The van der Waals surface area contributed by atoms with Gasteiger partial charge in [-0.2, -0.15) is 0 Å². The molecule has 21 heavy (non-hydrogen) atoms. The zero-order chi connectivity index (χ0) is 14.4. The summed E-state index contributed by atoms with van der Waals surface area (Å²) in [4.78, 5) is 6.86. The molecule has 0 saturated carbocycles. The van der Waals surface area contributed by atoms with Gasteiger partial charge in [-0.1, -0.05) is 19.1 Å². The van der Waals surface area contributed by atoms with E-state index in [1.807, 2.05) is 12.1 Å². The van der Waals surface area contributed by atoms with Crippen LogP contribution in [0, 0.1) is 5.92 Å². The van der Waals surface area contributed by atoms with Crippen molar-refractivity contribution in [3.05, 3.63) is 29.8 Å². The van der Waals surface area contributed by atoms with Gasteiger partial charge in [-0.3, -0.25) is 4.99 Å². The first-order valence-electron chi connectivity index (χ1n) is 7.51. The molecule has 0 amide bonds. The lowest BCUT2D eigenvalue weighted by atomic mass is 9.99. The van der Waals surface area contributed by atoms with Gasteiger partial charge in [0.25, 0.3) is 0 Å². The van der Waals surface area contributed by atoms with E-state index in [-0.39, 0.29) is 24.0 Å². The zero-order valence-corrected chi connectivity index (χ0v) is 15.3. The molecule has 2 rings (SSSR count). The summed E-state index contributed by atoms with van der Waals surface area (Å²) in [6.07, 6.45) is 3.55. The Morgan fingerprint density at radius 3 is 3.00 bits per heavy atom. The molecule has 4 nitrogen and oxygen atoms in total. The second-order valence-electron chi connectivity index (χ2n) is 5.68. The Morgan fingerprint density at radius 1 is 1.48 bits per heavy atom. The lowest BCUT2D eigenvalue weighted by Crippen LogP contribution is -2.34. The number of benzene rings is 1. The summed E-state index contributed by atoms with van der Waals surface area (Å²) >= 11 is 0. The monoisotopic (exact) mass is 402 g/mol. The highest BCUT2D eigenvalue weighted by Gasteiger charge is 2.16. The number of nitrogens with zero attached hydrogens (tertiary/aromatic N) is 2. The maximum atomic E-state index is 5.97. The van der Waals surface area contributed by atoms with Crippen molar-refractivity contribution in [3.8, 4) is 0 Å². The third-order valence-electron chi connectivity index (χ3n) is 3.85.